The topological polar surface area (TPSA) is 20.2 Å². The Morgan fingerprint density at radius 2 is 0.688 bits per heavy atom. The van der Waals surface area contributed by atoms with Crippen LogP contribution < -0.4 is 0 Å². The van der Waals surface area contributed by atoms with Gasteiger partial charge in [0.05, 0.1) is 41.3 Å². The van der Waals surface area contributed by atoms with E-state index in [0.29, 0.717) is 0 Å². The van der Waals surface area contributed by atoms with E-state index in [0.717, 1.165) is 22.1 Å². The molecule has 0 radical (unpaired) electrons. The van der Waals surface area contributed by atoms with Crippen LogP contribution >= 0.6 is 0 Å². The average molecular weight is 457 g/mol. The third-order valence-corrected chi connectivity index (χ3v) is 7.14. The van der Waals surface area contributed by atoms with Crippen molar-refractivity contribution < 1.29 is 14.1 Å². The van der Waals surface area contributed by atoms with E-state index in [1.807, 2.05) is 0 Å². The zero-order valence-corrected chi connectivity index (χ0v) is 23.5. The standard InChI is InChI=1S/C29H64N2O/c1-7-9-11-13-15-17-19-21-23-25-30(3,4)27-29(32)28-31(5,6)26-24-22-20-18-16-14-12-10-8-2/h29,32H,7-28H2,1-6H3/q+2. The number of rotatable bonds is 24. The molecular weight excluding hydrogens is 392 g/mol. The molecule has 0 unspecified atom stereocenters. The fourth-order valence-electron chi connectivity index (χ4n) is 5.08. The van der Waals surface area contributed by atoms with Gasteiger partial charge >= 0.3 is 0 Å². The molecule has 0 saturated carbocycles. The summed E-state index contributed by atoms with van der Waals surface area (Å²) in [6.07, 6.45) is 24.7. The molecule has 0 fully saturated rings. The highest BCUT2D eigenvalue weighted by molar-refractivity contribution is 4.55. The van der Waals surface area contributed by atoms with Crippen LogP contribution in [0.5, 0.6) is 0 Å². The molecule has 0 aliphatic carbocycles. The van der Waals surface area contributed by atoms with Gasteiger partial charge < -0.3 is 14.1 Å². The maximum atomic E-state index is 10.8. The molecule has 32 heavy (non-hydrogen) atoms. The summed E-state index contributed by atoms with van der Waals surface area (Å²) in [6.45, 7) is 8.73. The maximum Gasteiger partial charge on any atom is 0.152 e. The largest absolute Gasteiger partial charge is 0.382 e. The van der Waals surface area contributed by atoms with Gasteiger partial charge in [-0.05, 0) is 25.7 Å². The Morgan fingerprint density at radius 3 is 0.969 bits per heavy atom. The zero-order valence-electron chi connectivity index (χ0n) is 23.5. The second-order valence-electron chi connectivity index (χ2n) is 12.0. The predicted molar refractivity (Wildman–Crippen MR) is 144 cm³/mol. The van der Waals surface area contributed by atoms with Gasteiger partial charge in [0.15, 0.2) is 6.10 Å². The summed E-state index contributed by atoms with van der Waals surface area (Å²) in [5.41, 5.74) is 0. The van der Waals surface area contributed by atoms with Crippen LogP contribution in [0, 0.1) is 0 Å². The van der Waals surface area contributed by atoms with Crippen LogP contribution in [0.25, 0.3) is 0 Å². The highest BCUT2D eigenvalue weighted by Crippen LogP contribution is 2.14. The molecule has 194 valence electrons. The second-order valence-corrected chi connectivity index (χ2v) is 12.0. The first-order valence-electron chi connectivity index (χ1n) is 14.5. The summed E-state index contributed by atoms with van der Waals surface area (Å²) in [4.78, 5) is 0. The number of hydrogen-bond acceptors (Lipinski definition) is 1. The minimum atomic E-state index is -0.197. The minimum absolute atomic E-state index is 0.197. The van der Waals surface area contributed by atoms with Crippen LogP contribution in [0.2, 0.25) is 0 Å². The van der Waals surface area contributed by atoms with Gasteiger partial charge in [0.2, 0.25) is 0 Å². The average Bonchev–Trinajstić information content (AvgIpc) is 2.70. The number of nitrogens with zero attached hydrogens (tertiary/aromatic N) is 2. The summed E-state index contributed by atoms with van der Waals surface area (Å²) < 4.78 is 1.91. The SMILES string of the molecule is CCCCCCCCCCC[N+](C)(C)CC(O)C[N+](C)(C)CCCCCCCCCCC. The molecule has 3 nitrogen and oxygen atoms in total. The molecule has 0 rings (SSSR count). The normalized spacial score (nSPS) is 12.8. The van der Waals surface area contributed by atoms with E-state index < -0.39 is 0 Å². The monoisotopic (exact) mass is 457 g/mol. The van der Waals surface area contributed by atoms with E-state index in [4.69, 9.17) is 0 Å². The van der Waals surface area contributed by atoms with E-state index >= 15 is 0 Å². The Hall–Kier alpha value is -0.120. The summed E-state index contributed by atoms with van der Waals surface area (Å²) >= 11 is 0. The van der Waals surface area contributed by atoms with Crippen molar-refractivity contribution in [2.24, 2.45) is 0 Å². The van der Waals surface area contributed by atoms with Crippen LogP contribution in [0.3, 0.4) is 0 Å². The van der Waals surface area contributed by atoms with Crippen LogP contribution in [0.4, 0.5) is 0 Å². The molecular formula is C29H64N2O+2. The van der Waals surface area contributed by atoms with E-state index in [9.17, 15) is 5.11 Å². The van der Waals surface area contributed by atoms with Crippen molar-refractivity contribution in [1.29, 1.82) is 0 Å². The van der Waals surface area contributed by atoms with Gasteiger partial charge in [-0.3, -0.25) is 0 Å². The number of aliphatic hydroxyl groups excluding tert-OH is 1. The Bertz CT molecular complexity index is 359. The molecule has 0 aliphatic rings. The van der Waals surface area contributed by atoms with Crippen LogP contribution in [0.15, 0.2) is 0 Å². The Labute approximate surface area is 204 Å². The first-order valence-corrected chi connectivity index (χ1v) is 14.5. The van der Waals surface area contributed by atoms with Crippen molar-refractivity contribution >= 4 is 0 Å². The second kappa shape index (κ2) is 20.3. The van der Waals surface area contributed by atoms with Crippen molar-refractivity contribution in [3.05, 3.63) is 0 Å². The molecule has 0 bridgehead atoms. The maximum absolute atomic E-state index is 10.8. The molecule has 3 heteroatoms. The lowest BCUT2D eigenvalue weighted by atomic mass is 10.1. The van der Waals surface area contributed by atoms with Crippen LogP contribution in [0.1, 0.15) is 129 Å². The highest BCUT2D eigenvalue weighted by Gasteiger charge is 2.26. The summed E-state index contributed by atoms with van der Waals surface area (Å²) in [7, 11) is 9.20. The number of quaternary nitrogens is 2. The molecule has 0 heterocycles. The molecule has 0 aromatic rings. The Balaban J connectivity index is 3.81. The Morgan fingerprint density at radius 1 is 0.438 bits per heavy atom. The molecule has 0 atom stereocenters. The summed E-state index contributed by atoms with van der Waals surface area (Å²) in [6, 6.07) is 0. The minimum Gasteiger partial charge on any atom is -0.382 e. The third kappa shape index (κ3) is 21.7. The molecule has 0 amide bonds. The van der Waals surface area contributed by atoms with E-state index in [1.54, 1.807) is 0 Å². The molecule has 0 aromatic carbocycles. The first-order chi connectivity index (χ1) is 15.2. The van der Waals surface area contributed by atoms with E-state index in [-0.39, 0.29) is 6.10 Å². The van der Waals surface area contributed by atoms with Gasteiger partial charge in [0, 0.05) is 0 Å². The third-order valence-electron chi connectivity index (χ3n) is 7.14. The fraction of sp³-hybridized carbons (Fsp3) is 1.00. The van der Waals surface area contributed by atoms with Gasteiger partial charge in [-0.2, -0.15) is 0 Å². The van der Waals surface area contributed by atoms with Gasteiger partial charge in [-0.1, -0.05) is 104 Å². The summed E-state index contributed by atoms with van der Waals surface area (Å²) in [5.74, 6) is 0. The fourth-order valence-corrected chi connectivity index (χ4v) is 5.08. The van der Waals surface area contributed by atoms with E-state index in [2.05, 4.69) is 42.0 Å². The smallest absolute Gasteiger partial charge is 0.152 e. The molecule has 1 N–H and O–H groups in total. The molecule has 0 aliphatic heterocycles. The lowest BCUT2D eigenvalue weighted by Crippen LogP contribution is -2.53. The predicted octanol–water partition coefficient (Wildman–Crippen LogP) is 7.56. The number of aliphatic hydroxyl groups is 1. The van der Waals surface area contributed by atoms with Crippen LogP contribution in [-0.2, 0) is 0 Å². The molecule has 0 aromatic heterocycles. The van der Waals surface area contributed by atoms with Gasteiger partial charge in [0.1, 0.15) is 13.1 Å². The lowest BCUT2D eigenvalue weighted by molar-refractivity contribution is -0.914. The molecule has 0 spiro atoms. The van der Waals surface area contributed by atoms with Crippen molar-refractivity contribution in [3.63, 3.8) is 0 Å². The van der Waals surface area contributed by atoms with Gasteiger partial charge in [-0.15, -0.1) is 0 Å². The Kier molecular flexibility index (Phi) is 20.2. The quantitative estimate of drug-likeness (QED) is 0.117. The number of hydrogen-bond donors (Lipinski definition) is 1. The highest BCUT2D eigenvalue weighted by atomic mass is 16.3. The van der Waals surface area contributed by atoms with Crippen molar-refractivity contribution in [1.82, 2.24) is 0 Å². The molecule has 0 saturated heterocycles. The van der Waals surface area contributed by atoms with Crippen LogP contribution in [-0.4, -0.2) is 74.5 Å². The number of likely N-dealkylation sites (N-methyl/N-ethyl adjacent to an activating group) is 2. The van der Waals surface area contributed by atoms with Crippen molar-refractivity contribution in [3.8, 4) is 0 Å². The first kappa shape index (κ1) is 31.9. The van der Waals surface area contributed by atoms with Gasteiger partial charge in [-0.25, -0.2) is 0 Å². The lowest BCUT2D eigenvalue weighted by Gasteiger charge is -2.36. The van der Waals surface area contributed by atoms with E-state index in [1.165, 1.54) is 129 Å². The van der Waals surface area contributed by atoms with Crippen molar-refractivity contribution in [2.45, 2.75) is 136 Å². The van der Waals surface area contributed by atoms with Crippen molar-refractivity contribution in [2.75, 3.05) is 54.4 Å². The zero-order chi connectivity index (χ0) is 24.1. The summed E-state index contributed by atoms with van der Waals surface area (Å²) in [5, 5.41) is 10.8. The van der Waals surface area contributed by atoms with Gasteiger partial charge in [0.25, 0.3) is 0 Å². The number of unbranched alkanes of at least 4 members (excludes halogenated alkanes) is 16.